The fourth-order valence-corrected chi connectivity index (χ4v) is 5.53. The molecule has 1 amide bonds. The Balaban J connectivity index is 1.34. The Hall–Kier alpha value is -3.56. The highest BCUT2D eigenvalue weighted by molar-refractivity contribution is 7.89. The van der Waals surface area contributed by atoms with Gasteiger partial charge in [-0.3, -0.25) is 9.78 Å². The minimum Gasteiger partial charge on any atom is -0.452 e. The predicted molar refractivity (Wildman–Crippen MR) is 134 cm³/mol. The normalized spacial score (nSPS) is 15.1. The van der Waals surface area contributed by atoms with Crippen molar-refractivity contribution < 1.29 is 22.7 Å². The lowest BCUT2D eigenvalue weighted by Crippen LogP contribution is -2.32. The zero-order valence-electron chi connectivity index (χ0n) is 19.2. The quantitative estimate of drug-likeness (QED) is 0.394. The molecule has 0 aliphatic carbocycles. The summed E-state index contributed by atoms with van der Waals surface area (Å²) in [5.41, 5.74) is 1.83. The molecule has 182 valence electrons. The summed E-state index contributed by atoms with van der Waals surface area (Å²) in [6, 6.07) is 15.5. The number of carbonyl (C=O) groups excluding carboxylic acids is 2. The van der Waals surface area contributed by atoms with E-state index in [2.05, 4.69) is 10.3 Å². The summed E-state index contributed by atoms with van der Waals surface area (Å²) in [4.78, 5) is 28.8. The van der Waals surface area contributed by atoms with Crippen LogP contribution in [0.5, 0.6) is 0 Å². The van der Waals surface area contributed by atoms with Crippen LogP contribution in [0.1, 0.15) is 31.2 Å². The van der Waals surface area contributed by atoms with Gasteiger partial charge in [0.2, 0.25) is 10.0 Å². The smallest absolute Gasteiger partial charge is 0.331 e. The molecule has 2 heterocycles. The Morgan fingerprint density at radius 3 is 2.54 bits per heavy atom. The van der Waals surface area contributed by atoms with Crippen LogP contribution in [0, 0.1) is 0 Å². The number of sulfonamides is 1. The Bertz CT molecular complexity index is 1340. The Morgan fingerprint density at radius 2 is 1.74 bits per heavy atom. The molecule has 0 spiro atoms. The second kappa shape index (κ2) is 11.2. The van der Waals surface area contributed by atoms with Crippen LogP contribution in [0.2, 0.25) is 0 Å². The fourth-order valence-electron chi connectivity index (χ4n) is 3.97. The van der Waals surface area contributed by atoms with Crippen molar-refractivity contribution >= 4 is 44.6 Å². The summed E-state index contributed by atoms with van der Waals surface area (Å²) >= 11 is 0. The molecule has 1 N–H and O–H groups in total. The van der Waals surface area contributed by atoms with Crippen molar-refractivity contribution in [2.24, 2.45) is 0 Å². The SMILES string of the molecule is O=C(COC(=O)/C=C/c1cccc2cccnc12)Nc1cccc(S(=O)(=O)N2CCCCCC2)c1. The van der Waals surface area contributed by atoms with Gasteiger partial charge in [0.05, 0.1) is 10.4 Å². The standard InChI is InChI=1S/C26H27N3O5S/c30-24(19-34-25(31)14-13-21-9-5-8-20-10-7-15-27-26(20)21)28-22-11-6-12-23(18-22)35(32,33)29-16-3-1-2-4-17-29/h5-15,18H,1-4,16-17,19H2,(H,28,30)/b14-13+. The van der Waals surface area contributed by atoms with Crippen molar-refractivity contribution in [2.45, 2.75) is 30.6 Å². The predicted octanol–water partition coefficient (Wildman–Crippen LogP) is 3.99. The molecular weight excluding hydrogens is 466 g/mol. The average molecular weight is 494 g/mol. The number of anilines is 1. The van der Waals surface area contributed by atoms with Crippen molar-refractivity contribution in [3.05, 3.63) is 72.4 Å². The number of amides is 1. The highest BCUT2D eigenvalue weighted by atomic mass is 32.2. The number of carbonyl (C=O) groups is 2. The topological polar surface area (TPSA) is 106 Å². The Morgan fingerprint density at radius 1 is 1.00 bits per heavy atom. The number of ether oxygens (including phenoxy) is 1. The van der Waals surface area contributed by atoms with E-state index in [0.29, 0.717) is 18.8 Å². The molecule has 0 unspecified atom stereocenters. The maximum absolute atomic E-state index is 13.0. The number of hydrogen-bond donors (Lipinski definition) is 1. The van der Waals surface area contributed by atoms with Crippen LogP contribution in [-0.2, 0) is 24.3 Å². The molecule has 0 saturated carbocycles. The number of nitrogens with one attached hydrogen (secondary N) is 1. The minimum atomic E-state index is -3.64. The first kappa shape index (κ1) is 24.6. The van der Waals surface area contributed by atoms with Crippen LogP contribution >= 0.6 is 0 Å². The molecule has 0 atom stereocenters. The highest BCUT2D eigenvalue weighted by Crippen LogP contribution is 2.23. The Kier molecular flexibility index (Phi) is 7.89. The summed E-state index contributed by atoms with van der Waals surface area (Å²) in [6.07, 6.45) is 8.23. The number of hydrogen-bond acceptors (Lipinski definition) is 6. The average Bonchev–Trinajstić information content (AvgIpc) is 3.17. The van der Waals surface area contributed by atoms with E-state index in [-0.39, 0.29) is 4.90 Å². The van der Waals surface area contributed by atoms with Crippen molar-refractivity contribution in [2.75, 3.05) is 25.0 Å². The highest BCUT2D eigenvalue weighted by Gasteiger charge is 2.25. The zero-order valence-corrected chi connectivity index (χ0v) is 20.0. The van der Waals surface area contributed by atoms with Gasteiger partial charge in [0.15, 0.2) is 6.61 Å². The largest absolute Gasteiger partial charge is 0.452 e. The van der Waals surface area contributed by atoms with Crippen LogP contribution in [0.25, 0.3) is 17.0 Å². The van der Waals surface area contributed by atoms with Crippen molar-refractivity contribution in [1.82, 2.24) is 9.29 Å². The number of esters is 1. The van der Waals surface area contributed by atoms with E-state index in [0.717, 1.165) is 42.1 Å². The van der Waals surface area contributed by atoms with Crippen molar-refractivity contribution in [3.8, 4) is 0 Å². The third-order valence-electron chi connectivity index (χ3n) is 5.73. The summed E-state index contributed by atoms with van der Waals surface area (Å²) in [7, 11) is -3.64. The van der Waals surface area contributed by atoms with Crippen molar-refractivity contribution in [3.63, 3.8) is 0 Å². The number of nitrogens with zero attached hydrogens (tertiary/aromatic N) is 2. The number of rotatable bonds is 7. The van der Waals surface area contributed by atoms with Gasteiger partial charge in [-0.2, -0.15) is 4.31 Å². The van der Waals surface area contributed by atoms with E-state index in [1.54, 1.807) is 24.4 Å². The molecule has 9 heteroatoms. The summed E-state index contributed by atoms with van der Waals surface area (Å²) in [5, 5.41) is 3.54. The first-order valence-electron chi connectivity index (χ1n) is 11.5. The number of aromatic nitrogens is 1. The molecule has 3 aromatic rings. The Labute approximate surface area is 204 Å². The van der Waals surface area contributed by atoms with E-state index < -0.39 is 28.5 Å². The molecule has 1 fully saturated rings. The molecule has 2 aromatic carbocycles. The van der Waals surface area contributed by atoms with Gasteiger partial charge >= 0.3 is 5.97 Å². The van der Waals surface area contributed by atoms with Gasteiger partial charge < -0.3 is 10.1 Å². The van der Waals surface area contributed by atoms with E-state index in [9.17, 15) is 18.0 Å². The molecular formula is C26H27N3O5S. The molecule has 1 aliphatic heterocycles. The number of benzene rings is 2. The van der Waals surface area contributed by atoms with E-state index in [1.165, 1.54) is 22.5 Å². The van der Waals surface area contributed by atoms with Gasteiger partial charge in [0.1, 0.15) is 0 Å². The number of pyridine rings is 1. The second-order valence-electron chi connectivity index (χ2n) is 8.26. The van der Waals surface area contributed by atoms with E-state index >= 15 is 0 Å². The van der Waals surface area contributed by atoms with Gasteiger partial charge in [-0.15, -0.1) is 0 Å². The molecule has 35 heavy (non-hydrogen) atoms. The molecule has 1 aromatic heterocycles. The number of para-hydroxylation sites is 1. The lowest BCUT2D eigenvalue weighted by atomic mass is 10.1. The molecule has 1 saturated heterocycles. The van der Waals surface area contributed by atoms with Crippen LogP contribution < -0.4 is 5.32 Å². The summed E-state index contributed by atoms with van der Waals surface area (Å²) in [5.74, 6) is -1.24. The van der Waals surface area contributed by atoms with Gasteiger partial charge in [-0.1, -0.05) is 43.2 Å². The molecule has 4 rings (SSSR count). The van der Waals surface area contributed by atoms with Gasteiger partial charge in [0.25, 0.3) is 5.91 Å². The van der Waals surface area contributed by atoms with E-state index in [1.807, 2.05) is 30.3 Å². The summed E-state index contributed by atoms with van der Waals surface area (Å²) < 4.78 is 32.5. The van der Waals surface area contributed by atoms with Gasteiger partial charge in [-0.05, 0) is 43.2 Å². The monoisotopic (exact) mass is 493 g/mol. The van der Waals surface area contributed by atoms with Crippen LogP contribution in [-0.4, -0.2) is 49.3 Å². The molecule has 1 aliphatic rings. The molecule has 0 radical (unpaired) electrons. The van der Waals surface area contributed by atoms with Crippen LogP contribution in [0.3, 0.4) is 0 Å². The lowest BCUT2D eigenvalue weighted by Gasteiger charge is -2.20. The maximum atomic E-state index is 13.0. The van der Waals surface area contributed by atoms with Crippen LogP contribution in [0.15, 0.2) is 71.8 Å². The van der Waals surface area contributed by atoms with E-state index in [4.69, 9.17) is 4.74 Å². The third-order valence-corrected chi connectivity index (χ3v) is 7.62. The second-order valence-corrected chi connectivity index (χ2v) is 10.2. The van der Waals surface area contributed by atoms with Crippen molar-refractivity contribution in [1.29, 1.82) is 0 Å². The molecule has 8 nitrogen and oxygen atoms in total. The van der Waals surface area contributed by atoms with Gasteiger partial charge in [0, 0.05) is 42.0 Å². The number of fused-ring (bicyclic) bond motifs is 1. The van der Waals surface area contributed by atoms with Crippen LogP contribution in [0.4, 0.5) is 5.69 Å². The first-order chi connectivity index (χ1) is 16.9. The van der Waals surface area contributed by atoms with Gasteiger partial charge in [-0.25, -0.2) is 13.2 Å². The first-order valence-corrected chi connectivity index (χ1v) is 13.0. The maximum Gasteiger partial charge on any atom is 0.331 e. The zero-order chi connectivity index (χ0) is 24.7. The lowest BCUT2D eigenvalue weighted by molar-refractivity contribution is -0.142. The fraction of sp³-hybridized carbons (Fsp3) is 0.269. The third kappa shape index (κ3) is 6.32. The minimum absolute atomic E-state index is 0.126. The summed E-state index contributed by atoms with van der Waals surface area (Å²) in [6.45, 7) is 0.495. The molecule has 0 bridgehead atoms.